The van der Waals surface area contributed by atoms with Crippen molar-refractivity contribution < 1.29 is 9.53 Å². The monoisotopic (exact) mass is 485 g/mol. The fourth-order valence-electron chi connectivity index (χ4n) is 5.33. The van der Waals surface area contributed by atoms with Gasteiger partial charge in [0.05, 0.1) is 25.9 Å². The Hall–Kier alpha value is -3.58. The number of aryl methyl sites for hydroxylation is 1. The van der Waals surface area contributed by atoms with E-state index in [4.69, 9.17) is 9.84 Å². The molecule has 3 heterocycles. The van der Waals surface area contributed by atoms with E-state index < -0.39 is 0 Å². The Morgan fingerprint density at radius 3 is 2.67 bits per heavy atom. The Balaban J connectivity index is 1.13. The summed E-state index contributed by atoms with van der Waals surface area (Å²) in [5.74, 6) is 1.44. The van der Waals surface area contributed by atoms with Crippen molar-refractivity contribution in [1.82, 2.24) is 25.0 Å². The van der Waals surface area contributed by atoms with Gasteiger partial charge in [0.15, 0.2) is 0 Å². The van der Waals surface area contributed by atoms with Crippen molar-refractivity contribution in [3.8, 4) is 5.75 Å². The fourth-order valence-corrected chi connectivity index (χ4v) is 5.33. The number of H-pyrrole nitrogens is 1. The molecule has 0 unspecified atom stereocenters. The third-order valence-electron chi connectivity index (χ3n) is 7.48. The molecule has 7 heteroatoms. The summed E-state index contributed by atoms with van der Waals surface area (Å²) in [4.78, 5) is 18.4. The molecule has 0 aliphatic carbocycles. The van der Waals surface area contributed by atoms with Crippen molar-refractivity contribution in [2.24, 2.45) is 0 Å². The maximum atomic E-state index is 12.8. The Kier molecular flexibility index (Phi) is 7.09. The molecule has 5 rings (SSSR count). The number of piperidine rings is 1. The largest absolute Gasteiger partial charge is 0.497 e. The summed E-state index contributed by atoms with van der Waals surface area (Å²) in [5, 5.41) is 9.08. The third kappa shape index (κ3) is 5.16. The number of aromatic amines is 1. The number of ether oxygens (including phenoxy) is 1. The highest BCUT2D eigenvalue weighted by molar-refractivity contribution is 5.85. The van der Waals surface area contributed by atoms with E-state index in [9.17, 15) is 4.79 Å². The molecule has 1 fully saturated rings. The van der Waals surface area contributed by atoms with Crippen LogP contribution >= 0.6 is 0 Å². The number of carbonyl (C=O) groups is 1. The van der Waals surface area contributed by atoms with Gasteiger partial charge in [-0.25, -0.2) is 0 Å². The van der Waals surface area contributed by atoms with Gasteiger partial charge in [0.25, 0.3) is 0 Å². The number of benzene rings is 2. The summed E-state index contributed by atoms with van der Waals surface area (Å²) in [7, 11) is 1.70. The number of likely N-dealkylation sites (tertiary alicyclic amines) is 1. The molecule has 1 aliphatic heterocycles. The number of nitrogens with zero attached hydrogens (tertiary/aromatic N) is 3. The number of nitrogens with one attached hydrogen (secondary N) is 2. The molecule has 188 valence electrons. The van der Waals surface area contributed by atoms with Gasteiger partial charge in [-0.3, -0.25) is 14.4 Å². The standard InChI is InChI=1S/C29H35N5O2/c1-20-26(21(2)34(32-20)18-22-7-5-4-6-8-22)16-31-29(35)19-33-13-11-23(12-14-33)27-17-30-28-10-9-24(36-3)15-25(27)28/h4-10,15,17,23,30H,11-14,16,18-19H2,1-3H3,(H,31,35). The SMILES string of the molecule is COc1ccc2[nH]cc(C3CCN(CC(=O)NCc4c(C)nn(Cc5ccccc5)c4C)CC3)c2c1. The summed E-state index contributed by atoms with van der Waals surface area (Å²) in [5.41, 5.74) is 6.89. The maximum Gasteiger partial charge on any atom is 0.234 e. The number of aromatic nitrogens is 3. The highest BCUT2D eigenvalue weighted by atomic mass is 16.5. The van der Waals surface area contributed by atoms with Crippen LogP contribution in [-0.4, -0.2) is 52.3 Å². The lowest BCUT2D eigenvalue weighted by molar-refractivity contribution is -0.122. The van der Waals surface area contributed by atoms with Gasteiger partial charge in [0, 0.05) is 34.9 Å². The maximum absolute atomic E-state index is 12.8. The van der Waals surface area contributed by atoms with Gasteiger partial charge in [-0.2, -0.15) is 5.10 Å². The van der Waals surface area contributed by atoms with Crippen LogP contribution in [0.5, 0.6) is 5.75 Å². The van der Waals surface area contributed by atoms with E-state index in [1.807, 2.05) is 35.9 Å². The molecule has 1 amide bonds. The summed E-state index contributed by atoms with van der Waals surface area (Å²) in [6.07, 6.45) is 4.23. The van der Waals surface area contributed by atoms with Crippen molar-refractivity contribution in [1.29, 1.82) is 0 Å². The van der Waals surface area contributed by atoms with Crippen molar-refractivity contribution in [3.05, 3.63) is 82.8 Å². The molecule has 36 heavy (non-hydrogen) atoms. The zero-order chi connectivity index (χ0) is 25.1. The lowest BCUT2D eigenvalue weighted by Crippen LogP contribution is -2.41. The van der Waals surface area contributed by atoms with Crippen molar-refractivity contribution in [3.63, 3.8) is 0 Å². The van der Waals surface area contributed by atoms with Crippen LogP contribution in [0.3, 0.4) is 0 Å². The van der Waals surface area contributed by atoms with Crippen LogP contribution in [0.25, 0.3) is 10.9 Å². The summed E-state index contributed by atoms with van der Waals surface area (Å²) < 4.78 is 7.45. The first-order valence-electron chi connectivity index (χ1n) is 12.7. The van der Waals surface area contributed by atoms with Crippen molar-refractivity contribution in [2.45, 2.75) is 45.7 Å². The molecule has 1 aliphatic rings. The van der Waals surface area contributed by atoms with E-state index in [-0.39, 0.29) is 5.91 Å². The van der Waals surface area contributed by atoms with Crippen molar-refractivity contribution in [2.75, 3.05) is 26.7 Å². The smallest absolute Gasteiger partial charge is 0.234 e. The number of hydrogen-bond acceptors (Lipinski definition) is 4. The Morgan fingerprint density at radius 2 is 1.92 bits per heavy atom. The summed E-state index contributed by atoms with van der Waals surface area (Å²) in [6.45, 7) is 7.61. The predicted octanol–water partition coefficient (Wildman–Crippen LogP) is 4.53. The first-order valence-corrected chi connectivity index (χ1v) is 12.7. The number of fused-ring (bicyclic) bond motifs is 1. The van der Waals surface area contributed by atoms with Crippen LogP contribution in [0.1, 0.15) is 46.8 Å². The lowest BCUT2D eigenvalue weighted by Gasteiger charge is -2.31. The molecule has 0 spiro atoms. The Labute approximate surface area is 212 Å². The normalized spacial score (nSPS) is 14.9. The van der Waals surface area contributed by atoms with E-state index in [1.54, 1.807) is 7.11 Å². The second-order valence-corrected chi connectivity index (χ2v) is 9.78. The zero-order valence-electron chi connectivity index (χ0n) is 21.4. The second-order valence-electron chi connectivity index (χ2n) is 9.78. The van der Waals surface area contributed by atoms with Gasteiger partial charge in [0.1, 0.15) is 5.75 Å². The third-order valence-corrected chi connectivity index (χ3v) is 7.48. The van der Waals surface area contributed by atoms with Gasteiger partial charge in [-0.05, 0) is 75.0 Å². The van der Waals surface area contributed by atoms with Gasteiger partial charge in [-0.15, -0.1) is 0 Å². The topological polar surface area (TPSA) is 75.2 Å². The first-order chi connectivity index (χ1) is 17.5. The van der Waals surface area contributed by atoms with E-state index >= 15 is 0 Å². The highest BCUT2D eigenvalue weighted by Gasteiger charge is 2.24. The zero-order valence-corrected chi connectivity index (χ0v) is 21.4. The minimum absolute atomic E-state index is 0.0693. The molecule has 0 atom stereocenters. The van der Waals surface area contributed by atoms with Crippen LogP contribution in [-0.2, 0) is 17.9 Å². The molecule has 0 bridgehead atoms. The predicted molar refractivity (Wildman–Crippen MR) is 142 cm³/mol. The average molecular weight is 486 g/mol. The number of hydrogen-bond donors (Lipinski definition) is 2. The number of amides is 1. The molecular formula is C29H35N5O2. The van der Waals surface area contributed by atoms with Crippen LogP contribution in [0, 0.1) is 13.8 Å². The fraction of sp³-hybridized carbons (Fsp3) is 0.379. The van der Waals surface area contributed by atoms with E-state index in [0.717, 1.165) is 60.7 Å². The first kappa shape index (κ1) is 24.1. The minimum atomic E-state index is 0.0693. The van der Waals surface area contributed by atoms with E-state index in [1.165, 1.54) is 16.5 Å². The average Bonchev–Trinajstić information content (AvgIpc) is 3.43. The van der Waals surface area contributed by atoms with Gasteiger partial charge in [0.2, 0.25) is 5.91 Å². The highest BCUT2D eigenvalue weighted by Crippen LogP contribution is 2.34. The molecule has 0 radical (unpaired) electrons. The summed E-state index contributed by atoms with van der Waals surface area (Å²) >= 11 is 0. The molecule has 0 saturated carbocycles. The van der Waals surface area contributed by atoms with Crippen LogP contribution in [0.15, 0.2) is 54.7 Å². The number of carbonyl (C=O) groups excluding carboxylic acids is 1. The van der Waals surface area contributed by atoms with Crippen LogP contribution < -0.4 is 10.1 Å². The van der Waals surface area contributed by atoms with Gasteiger partial charge >= 0.3 is 0 Å². The van der Waals surface area contributed by atoms with E-state index in [2.05, 4.69) is 52.6 Å². The molecule has 2 aromatic heterocycles. The Morgan fingerprint density at radius 1 is 1.14 bits per heavy atom. The van der Waals surface area contributed by atoms with Crippen LogP contribution in [0.2, 0.25) is 0 Å². The molecule has 2 aromatic carbocycles. The number of methoxy groups -OCH3 is 1. The molecule has 1 saturated heterocycles. The van der Waals surface area contributed by atoms with Crippen LogP contribution in [0.4, 0.5) is 0 Å². The molecule has 7 nitrogen and oxygen atoms in total. The van der Waals surface area contributed by atoms with E-state index in [0.29, 0.717) is 19.0 Å². The second kappa shape index (κ2) is 10.6. The summed E-state index contributed by atoms with van der Waals surface area (Å²) in [6, 6.07) is 16.5. The van der Waals surface area contributed by atoms with Crippen molar-refractivity contribution >= 4 is 16.8 Å². The number of rotatable bonds is 8. The lowest BCUT2D eigenvalue weighted by atomic mass is 9.89. The van der Waals surface area contributed by atoms with Gasteiger partial charge < -0.3 is 15.0 Å². The minimum Gasteiger partial charge on any atom is -0.497 e. The molecule has 4 aromatic rings. The quantitative estimate of drug-likeness (QED) is 0.384. The molecule has 2 N–H and O–H groups in total. The molecular weight excluding hydrogens is 450 g/mol. The Bertz CT molecular complexity index is 1330. The van der Waals surface area contributed by atoms with Gasteiger partial charge in [-0.1, -0.05) is 30.3 Å².